The Morgan fingerprint density at radius 2 is 1.53 bits per heavy atom. The zero-order valence-electron chi connectivity index (χ0n) is 11.3. The molecule has 0 unspecified atom stereocenters. The topological polar surface area (TPSA) is 0 Å². The van der Waals surface area contributed by atoms with Crippen molar-refractivity contribution in [3.05, 3.63) is 74.2 Å². The van der Waals surface area contributed by atoms with Crippen LogP contribution in [0.3, 0.4) is 0 Å². The molecule has 0 saturated carbocycles. The van der Waals surface area contributed by atoms with Gasteiger partial charge >= 0.3 is 0 Å². The van der Waals surface area contributed by atoms with Gasteiger partial charge in [0.15, 0.2) is 0 Å². The molecule has 0 spiro atoms. The van der Waals surface area contributed by atoms with Crippen molar-refractivity contribution in [2.75, 3.05) is 0 Å². The Kier molecular flexibility index (Phi) is 23.0. The molecule has 1 aromatic rings. The van der Waals surface area contributed by atoms with E-state index in [1.54, 1.807) is 13.0 Å². The van der Waals surface area contributed by atoms with Gasteiger partial charge in [0.05, 0.1) is 0 Å². The van der Waals surface area contributed by atoms with Gasteiger partial charge in [-0.15, -0.1) is 0 Å². The second kappa shape index (κ2) is 17.9. The molecule has 1 radical (unpaired) electrons. The average Bonchev–Trinajstić information content (AvgIpc) is 2.41. The van der Waals surface area contributed by atoms with E-state index in [9.17, 15) is 0 Å². The Labute approximate surface area is 132 Å². The summed E-state index contributed by atoms with van der Waals surface area (Å²) >= 11 is 0. The fraction of sp³-hybridized carbons (Fsp3) is 0.188. The summed E-state index contributed by atoms with van der Waals surface area (Å²) in [5.41, 5.74) is 2.28. The summed E-state index contributed by atoms with van der Waals surface area (Å²) in [6.45, 7) is 16.4. The molecule has 0 atom stereocenters. The SMILES string of the molecule is C=C/C=C(\C=C)c1ccccc1.CC.[CH2-]C.[Y]. The molecule has 0 aliphatic heterocycles. The normalized spacial score (nSPS) is 8.35. The van der Waals surface area contributed by atoms with Gasteiger partial charge in [0.25, 0.3) is 0 Å². The van der Waals surface area contributed by atoms with Gasteiger partial charge in [0.1, 0.15) is 0 Å². The summed E-state index contributed by atoms with van der Waals surface area (Å²) in [6.07, 6.45) is 5.54. The number of benzene rings is 1. The van der Waals surface area contributed by atoms with E-state index in [0.29, 0.717) is 0 Å². The minimum Gasteiger partial charge on any atom is -0.346 e. The molecular weight excluding hydrogens is 281 g/mol. The zero-order chi connectivity index (χ0) is 12.8. The molecule has 1 rings (SSSR count). The van der Waals surface area contributed by atoms with Crippen LogP contribution >= 0.6 is 0 Å². The van der Waals surface area contributed by atoms with E-state index in [2.05, 4.69) is 32.2 Å². The fourth-order valence-corrected chi connectivity index (χ4v) is 1.04. The Morgan fingerprint density at radius 1 is 1.06 bits per heavy atom. The average molecular weight is 304 g/mol. The number of hydrogen-bond acceptors (Lipinski definition) is 0. The van der Waals surface area contributed by atoms with E-state index >= 15 is 0 Å². The first-order valence-corrected chi connectivity index (χ1v) is 5.59. The summed E-state index contributed by atoms with van der Waals surface area (Å²) in [5.74, 6) is 0. The van der Waals surface area contributed by atoms with Gasteiger partial charge in [-0.25, -0.2) is 0 Å². The van der Waals surface area contributed by atoms with Crippen molar-refractivity contribution in [1.29, 1.82) is 0 Å². The second-order valence-corrected chi connectivity index (χ2v) is 2.43. The molecule has 1 heteroatoms. The maximum Gasteiger partial charge on any atom is 0 e. The molecule has 1 aromatic carbocycles. The Balaban J connectivity index is -0.000000355. The summed E-state index contributed by atoms with van der Waals surface area (Å²) in [5, 5.41) is 0. The van der Waals surface area contributed by atoms with Gasteiger partial charge < -0.3 is 6.92 Å². The summed E-state index contributed by atoms with van der Waals surface area (Å²) in [4.78, 5) is 0. The van der Waals surface area contributed by atoms with Crippen LogP contribution in [-0.2, 0) is 32.7 Å². The van der Waals surface area contributed by atoms with Crippen LogP contribution in [-0.4, -0.2) is 0 Å². The van der Waals surface area contributed by atoms with Crippen molar-refractivity contribution in [1.82, 2.24) is 0 Å². The second-order valence-electron chi connectivity index (χ2n) is 2.43. The third-order valence-electron chi connectivity index (χ3n) is 1.62. The molecule has 0 amide bonds. The van der Waals surface area contributed by atoms with Gasteiger partial charge in [-0.3, -0.25) is 0 Å². The van der Waals surface area contributed by atoms with E-state index in [0.717, 1.165) is 5.57 Å². The smallest absolute Gasteiger partial charge is 0 e. The molecule has 0 bridgehead atoms. The van der Waals surface area contributed by atoms with Gasteiger partial charge in [-0.1, -0.05) is 75.6 Å². The van der Waals surface area contributed by atoms with Crippen LogP contribution in [0, 0.1) is 6.92 Å². The maximum atomic E-state index is 3.74. The van der Waals surface area contributed by atoms with Crippen molar-refractivity contribution in [3.8, 4) is 0 Å². The van der Waals surface area contributed by atoms with Crippen molar-refractivity contribution in [2.45, 2.75) is 20.8 Å². The van der Waals surface area contributed by atoms with Crippen LogP contribution in [0.1, 0.15) is 26.3 Å². The molecule has 0 aliphatic rings. The Hall–Kier alpha value is -0.456. The van der Waals surface area contributed by atoms with Crippen LogP contribution in [0.15, 0.2) is 61.7 Å². The van der Waals surface area contributed by atoms with Crippen LogP contribution in [0.5, 0.6) is 0 Å². The molecule has 0 fully saturated rings. The van der Waals surface area contributed by atoms with Crippen LogP contribution in [0.4, 0.5) is 0 Å². The molecule has 91 valence electrons. The first-order chi connectivity index (χ1) is 7.88. The van der Waals surface area contributed by atoms with E-state index in [4.69, 9.17) is 0 Å². The first kappa shape index (κ1) is 21.8. The van der Waals surface area contributed by atoms with Crippen molar-refractivity contribution in [2.24, 2.45) is 0 Å². The summed E-state index contributed by atoms with van der Waals surface area (Å²) < 4.78 is 0. The maximum absolute atomic E-state index is 3.74. The molecule has 0 saturated heterocycles. The predicted molar refractivity (Wildman–Crippen MR) is 77.2 cm³/mol. The largest absolute Gasteiger partial charge is 0.346 e. The third kappa shape index (κ3) is 10.4. The van der Waals surface area contributed by atoms with E-state index in [1.165, 1.54) is 5.56 Å². The standard InChI is InChI=1S/C12H12.C2H6.C2H5.Y/c1-3-8-11(4-2)12-9-6-5-7-10-12;2*1-2;/h3-10H,1-2H2;1-2H3;1H2,2H3;/q;;-1;/b11-8+;;;. The Morgan fingerprint density at radius 3 is 1.88 bits per heavy atom. The van der Waals surface area contributed by atoms with E-state index in [-0.39, 0.29) is 32.7 Å². The summed E-state index contributed by atoms with van der Waals surface area (Å²) in [6, 6.07) is 10.1. The van der Waals surface area contributed by atoms with Crippen LogP contribution < -0.4 is 0 Å². The molecule has 17 heavy (non-hydrogen) atoms. The van der Waals surface area contributed by atoms with E-state index in [1.807, 2.05) is 44.2 Å². The minimum atomic E-state index is 0. The Bertz CT molecular complexity index is 297. The minimum absolute atomic E-state index is 0. The number of rotatable bonds is 3. The molecular formula is C16H23Y-. The molecule has 0 N–H and O–H groups in total. The third-order valence-corrected chi connectivity index (χ3v) is 1.62. The van der Waals surface area contributed by atoms with Crippen LogP contribution in [0.2, 0.25) is 0 Å². The van der Waals surface area contributed by atoms with Gasteiger partial charge in [-0.2, -0.15) is 6.92 Å². The first-order valence-electron chi connectivity index (χ1n) is 5.59. The van der Waals surface area contributed by atoms with Crippen molar-refractivity contribution < 1.29 is 32.7 Å². The monoisotopic (exact) mass is 304 g/mol. The summed E-state index contributed by atoms with van der Waals surface area (Å²) in [7, 11) is 0. The van der Waals surface area contributed by atoms with Crippen molar-refractivity contribution >= 4 is 5.57 Å². The molecule has 0 heterocycles. The van der Waals surface area contributed by atoms with Gasteiger partial charge in [0, 0.05) is 32.7 Å². The number of hydrogen-bond donors (Lipinski definition) is 0. The fourth-order valence-electron chi connectivity index (χ4n) is 1.04. The zero-order valence-corrected chi connectivity index (χ0v) is 14.2. The molecule has 0 nitrogen and oxygen atoms in total. The predicted octanol–water partition coefficient (Wildman–Crippen LogP) is 5.31. The van der Waals surface area contributed by atoms with Crippen molar-refractivity contribution in [3.63, 3.8) is 0 Å². The van der Waals surface area contributed by atoms with E-state index < -0.39 is 0 Å². The van der Waals surface area contributed by atoms with Crippen LogP contribution in [0.25, 0.3) is 5.57 Å². The molecule has 0 aromatic heterocycles. The number of allylic oxidation sites excluding steroid dienone is 4. The molecule has 0 aliphatic carbocycles. The van der Waals surface area contributed by atoms with Gasteiger partial charge in [-0.05, 0) is 11.1 Å². The van der Waals surface area contributed by atoms with Gasteiger partial charge in [0.2, 0.25) is 0 Å². The quantitative estimate of drug-likeness (QED) is 0.524.